The van der Waals surface area contributed by atoms with Gasteiger partial charge in [0, 0.05) is 0 Å². The van der Waals surface area contributed by atoms with Gasteiger partial charge in [0.25, 0.3) is 0 Å². The van der Waals surface area contributed by atoms with Gasteiger partial charge in [0.1, 0.15) is 34.5 Å². The molecule has 0 unspecified atom stereocenters. The van der Waals surface area contributed by atoms with Crippen LogP contribution in [0.3, 0.4) is 0 Å². The molecule has 0 aromatic heterocycles. The molecule has 0 saturated carbocycles. The molecule has 12 aromatic rings. The molecule has 13 rings (SSSR count). The lowest BCUT2D eigenvalue weighted by atomic mass is 10.0. The molecule has 1 aliphatic heterocycles. The zero-order chi connectivity index (χ0) is 83.9. The van der Waals surface area contributed by atoms with Crippen LogP contribution in [0.1, 0.15) is 100 Å². The average molecular weight is 1610 g/mol. The topological polar surface area (TPSA) is 378 Å². The first-order chi connectivity index (χ1) is 58.6. The minimum atomic E-state index is -4.89. The van der Waals surface area contributed by atoms with Crippen LogP contribution in [0, 0.1) is 136 Å². The van der Waals surface area contributed by atoms with Crippen LogP contribution < -0.4 is 27.1 Å². The highest BCUT2D eigenvalue weighted by atomic mass is 31.3. The van der Waals surface area contributed by atoms with Gasteiger partial charge in [0.05, 0.1) is 140 Å². The quantitative estimate of drug-likeness (QED) is 0.0308. The van der Waals surface area contributed by atoms with Gasteiger partial charge >= 0.3 is 23.0 Å². The second-order valence-electron chi connectivity index (χ2n) is 25.9. The standard InChI is InChI=1S/C96H54N15O6P3/c97-55-73-13-1-67(2-14-73)49-85(61-103)79-25-37-91(38-26-79)112-118(113-92-39-27-80(28-40-92)86(62-104)50-68-3-15-74(56-98)16-4-68)109-119(114-93-41-29-81(30-42-93)87(63-105)51-69-5-17-75(57-99)18-6-69,115-94-43-31-82(32-44-94)88(64-106)52-70-7-19-76(58-100)20-8-70)111-120(110-118,116-95-45-33-83(34-46-95)89(65-107)53-71-9-21-77(59-101)22-10-71)117-96-47-35-84(36-48-96)90(66-108)54-72-11-23-78(60-102)24-12-72/h1-54H/b85-49+,86-50+,87-51+,88-52+,89-53+,90-54+. The van der Waals surface area contributed by atoms with Crippen molar-refractivity contribution >= 4 is 92.9 Å². The summed E-state index contributed by atoms with van der Waals surface area (Å²) < 4.78 is 60.4. The van der Waals surface area contributed by atoms with Crippen LogP contribution in [0.25, 0.3) is 69.9 Å². The fourth-order valence-corrected chi connectivity index (χ4v) is 20.8. The summed E-state index contributed by atoms with van der Waals surface area (Å²) in [4.78, 5) is 0. The van der Waals surface area contributed by atoms with E-state index in [9.17, 15) is 63.1 Å². The Kier molecular flexibility index (Phi) is 25.1. The maximum Gasteiger partial charge on any atom is 0.460 e. The van der Waals surface area contributed by atoms with Gasteiger partial charge in [0.15, 0.2) is 0 Å². The second-order valence-corrected chi connectivity index (χ2v) is 32.0. The number of allylic oxidation sites excluding steroid dienone is 6. The van der Waals surface area contributed by atoms with Crippen LogP contribution >= 0.6 is 23.0 Å². The van der Waals surface area contributed by atoms with Crippen molar-refractivity contribution in [1.29, 1.82) is 63.1 Å². The van der Waals surface area contributed by atoms with Crippen molar-refractivity contribution in [2.45, 2.75) is 0 Å². The molecule has 0 saturated heterocycles. The van der Waals surface area contributed by atoms with Crippen molar-refractivity contribution in [3.63, 3.8) is 0 Å². The first kappa shape index (κ1) is 80.5. The molecule has 564 valence electrons. The smallest absolute Gasteiger partial charge is 0.413 e. The van der Waals surface area contributed by atoms with E-state index in [0.29, 0.717) is 100 Å². The summed E-state index contributed by atoms with van der Waals surface area (Å²) in [7, 11) is -14.7. The predicted octanol–water partition coefficient (Wildman–Crippen LogP) is 23.9. The molecule has 0 atom stereocenters. The minimum Gasteiger partial charge on any atom is -0.413 e. The van der Waals surface area contributed by atoms with Crippen molar-refractivity contribution in [1.82, 2.24) is 0 Å². The van der Waals surface area contributed by atoms with Gasteiger partial charge < -0.3 is 27.1 Å². The Morgan fingerprint density at radius 3 is 0.417 bits per heavy atom. The molecule has 0 bridgehead atoms. The highest BCUT2D eigenvalue weighted by Gasteiger charge is 2.49. The summed E-state index contributed by atoms with van der Waals surface area (Å²) in [5.41, 5.74) is 10.3. The predicted molar refractivity (Wildman–Crippen MR) is 458 cm³/mol. The van der Waals surface area contributed by atoms with E-state index < -0.39 is 23.0 Å². The van der Waals surface area contributed by atoms with E-state index in [0.717, 1.165) is 0 Å². The highest BCUT2D eigenvalue weighted by molar-refractivity contribution is 7.79. The van der Waals surface area contributed by atoms with Gasteiger partial charge in [0.2, 0.25) is 0 Å². The van der Waals surface area contributed by atoms with E-state index in [2.05, 4.69) is 72.8 Å². The number of nitrogens with zero attached hydrogens (tertiary/aromatic N) is 15. The van der Waals surface area contributed by atoms with Crippen LogP contribution in [0.15, 0.2) is 305 Å². The molecule has 1 heterocycles. The van der Waals surface area contributed by atoms with Crippen LogP contribution in [0.2, 0.25) is 0 Å². The third-order valence-corrected chi connectivity index (χ3v) is 26.0. The van der Waals surface area contributed by atoms with Gasteiger partial charge in [-0.05, 0) is 322 Å². The lowest BCUT2D eigenvalue weighted by Crippen LogP contribution is -2.11. The van der Waals surface area contributed by atoms with Crippen molar-refractivity contribution in [2.75, 3.05) is 0 Å². The SMILES string of the molecule is N#C/C(=C\c1ccc(C#N)cc1)c1ccc(OP2(Oc3ccc(/C(C#N)=C/c4ccc(C#N)cc4)cc3)=NP(Oc3ccc(/C(C#N)=C/c4ccc(C#N)cc4)cc3)(Oc3ccc(/C(C#N)=C/c4ccc(C#N)cc4)cc3)=NP(Oc3ccc(/C(C#N)=C/c4ccc(C#N)cc4)cc3)(Oc3ccc(/C(C#N)=C/c4ccc(C#N)cc4)cc3)=N2)cc1. The van der Waals surface area contributed by atoms with Gasteiger partial charge in [-0.25, -0.2) is 0 Å². The van der Waals surface area contributed by atoms with Gasteiger partial charge in [-0.2, -0.15) is 63.1 Å². The summed E-state index contributed by atoms with van der Waals surface area (Å²) in [6, 6.07) is 105. The maximum absolute atomic E-state index is 10.7. The molecule has 0 amide bonds. The largest absolute Gasteiger partial charge is 0.460 e. The van der Waals surface area contributed by atoms with E-state index in [1.165, 1.54) is 0 Å². The van der Waals surface area contributed by atoms with Crippen LogP contribution in [-0.2, 0) is 0 Å². The molecular weight excluding hydrogens is 1550 g/mol. The molecule has 0 spiro atoms. The maximum atomic E-state index is 10.7. The van der Waals surface area contributed by atoms with E-state index in [-0.39, 0.29) is 67.9 Å². The van der Waals surface area contributed by atoms with Crippen molar-refractivity contribution in [2.24, 2.45) is 13.5 Å². The molecule has 1 aliphatic rings. The van der Waals surface area contributed by atoms with Crippen LogP contribution in [0.4, 0.5) is 0 Å². The molecule has 12 aromatic carbocycles. The fourth-order valence-electron chi connectivity index (χ4n) is 11.8. The summed E-state index contributed by atoms with van der Waals surface area (Å²) in [5, 5.41) is 122. The zero-order valence-corrected chi connectivity index (χ0v) is 65.4. The minimum absolute atomic E-state index is 0.0248. The Hall–Kier alpha value is -17.6. The number of hydrogen-bond donors (Lipinski definition) is 0. The molecule has 24 heteroatoms. The lowest BCUT2D eigenvalue weighted by molar-refractivity contribution is 0.443. The third-order valence-electron chi connectivity index (χ3n) is 17.8. The molecule has 120 heavy (non-hydrogen) atoms. The molecule has 0 radical (unpaired) electrons. The molecular formula is C96H54N15O6P3. The summed E-state index contributed by atoms with van der Waals surface area (Å²) in [6.07, 6.45) is 9.92. The molecule has 0 N–H and O–H groups in total. The number of hydrogen-bond acceptors (Lipinski definition) is 21. The number of benzene rings is 12. The van der Waals surface area contributed by atoms with Gasteiger partial charge in [-0.3, -0.25) is 0 Å². The monoisotopic (exact) mass is 1610 g/mol. The summed E-state index contributed by atoms with van der Waals surface area (Å²) >= 11 is 0. The summed E-state index contributed by atoms with van der Waals surface area (Å²) in [5.74, 6) is 0.149. The number of nitriles is 12. The van der Waals surface area contributed by atoms with E-state index in [1.54, 1.807) is 328 Å². The molecule has 21 nitrogen and oxygen atoms in total. The lowest BCUT2D eigenvalue weighted by Gasteiger charge is -2.33. The summed E-state index contributed by atoms with van der Waals surface area (Å²) in [6.45, 7) is 0. The first-order valence-electron chi connectivity index (χ1n) is 36.0. The Morgan fingerprint density at radius 2 is 0.308 bits per heavy atom. The second kappa shape index (κ2) is 37.4. The van der Waals surface area contributed by atoms with E-state index >= 15 is 0 Å². The van der Waals surface area contributed by atoms with Crippen molar-refractivity contribution in [3.05, 3.63) is 391 Å². The zero-order valence-electron chi connectivity index (χ0n) is 62.7. The number of rotatable bonds is 24. The van der Waals surface area contributed by atoms with Crippen molar-refractivity contribution in [3.8, 4) is 107 Å². The Bertz CT molecular complexity index is 5830. The molecule has 0 aliphatic carbocycles. The Labute approximate surface area is 691 Å². The Balaban J connectivity index is 1.07. The fraction of sp³-hybridized carbons (Fsp3) is 0. The van der Waals surface area contributed by atoms with Gasteiger partial charge in [-0.15, -0.1) is 0 Å². The van der Waals surface area contributed by atoms with Crippen LogP contribution in [0.5, 0.6) is 34.5 Å². The van der Waals surface area contributed by atoms with E-state index in [4.69, 9.17) is 40.7 Å². The third kappa shape index (κ3) is 20.1. The normalized spacial score (nSPS) is 13.9. The van der Waals surface area contributed by atoms with Crippen molar-refractivity contribution < 1.29 is 27.1 Å². The van der Waals surface area contributed by atoms with Crippen LogP contribution in [-0.4, -0.2) is 0 Å². The first-order valence-corrected chi connectivity index (χ1v) is 40.6. The Morgan fingerprint density at radius 1 is 0.183 bits per heavy atom. The van der Waals surface area contributed by atoms with Gasteiger partial charge in [-0.1, -0.05) is 86.3 Å². The highest BCUT2D eigenvalue weighted by Crippen LogP contribution is 2.79. The molecule has 0 fully saturated rings. The average Bonchev–Trinajstić information content (AvgIpc) is 0.727. The van der Waals surface area contributed by atoms with E-state index in [1.807, 2.05) is 0 Å².